The van der Waals surface area contributed by atoms with E-state index < -0.39 is 0 Å². The van der Waals surface area contributed by atoms with Crippen molar-refractivity contribution in [2.24, 2.45) is 0 Å². The first kappa shape index (κ1) is 30.1. The van der Waals surface area contributed by atoms with Crippen molar-refractivity contribution in [1.82, 2.24) is 10.6 Å². The number of methoxy groups -OCH3 is 1. The molecule has 1 fully saturated rings. The summed E-state index contributed by atoms with van der Waals surface area (Å²) in [5, 5.41) is 6.49. The smallest absolute Gasteiger partial charge is 0.322 e. The molecular weight excluding hydrogens is 538 g/mol. The van der Waals surface area contributed by atoms with Crippen LogP contribution in [0, 0.1) is 0 Å². The van der Waals surface area contributed by atoms with Gasteiger partial charge in [0.25, 0.3) is 5.91 Å². The fraction of sp³-hybridized carbons (Fsp3) is 0.364. The standard InChI is InChI=1S/C33H38ClN3O4/c1-23(25-12-16-29(34)17-13-25)36-33(40)37(30-18-14-27(15-19-30)26-6-4-3-5-7-26)22-24-8-10-28(11-9-24)32(39)35-21-20-31(38)41-2/h8-19,23,26H,3-7,20-22H2,1-2H3,(H,35,39)(H,36,40). The molecule has 0 radical (unpaired) electrons. The molecule has 0 bridgehead atoms. The van der Waals surface area contributed by atoms with Crippen molar-refractivity contribution in [3.8, 4) is 0 Å². The molecule has 2 N–H and O–H groups in total. The highest BCUT2D eigenvalue weighted by Gasteiger charge is 2.21. The van der Waals surface area contributed by atoms with Crippen LogP contribution in [0.1, 0.15) is 84.5 Å². The van der Waals surface area contributed by atoms with E-state index in [1.165, 1.54) is 44.8 Å². The molecule has 0 heterocycles. The number of hydrogen-bond donors (Lipinski definition) is 2. The van der Waals surface area contributed by atoms with Crippen LogP contribution >= 0.6 is 11.6 Å². The molecule has 3 amide bonds. The third-order valence-corrected chi connectivity index (χ3v) is 7.89. The minimum atomic E-state index is -0.379. The van der Waals surface area contributed by atoms with Crippen LogP contribution in [-0.4, -0.2) is 31.6 Å². The number of carbonyl (C=O) groups excluding carboxylic acids is 3. The Labute approximate surface area is 247 Å². The van der Waals surface area contributed by atoms with Crippen LogP contribution in [0.15, 0.2) is 72.8 Å². The molecule has 0 saturated heterocycles. The van der Waals surface area contributed by atoms with Crippen molar-refractivity contribution >= 4 is 35.2 Å². The molecule has 8 heteroatoms. The van der Waals surface area contributed by atoms with Crippen LogP contribution in [0.3, 0.4) is 0 Å². The van der Waals surface area contributed by atoms with Crippen LogP contribution in [0.4, 0.5) is 10.5 Å². The van der Waals surface area contributed by atoms with Crippen LogP contribution in [0.5, 0.6) is 0 Å². The highest BCUT2D eigenvalue weighted by atomic mass is 35.5. The molecule has 1 saturated carbocycles. The Morgan fingerprint density at radius 3 is 2.22 bits per heavy atom. The number of carbonyl (C=O) groups is 3. The molecule has 1 aliphatic rings. The van der Waals surface area contributed by atoms with Crippen LogP contribution in [0.2, 0.25) is 5.02 Å². The van der Waals surface area contributed by atoms with Gasteiger partial charge in [0.05, 0.1) is 26.1 Å². The van der Waals surface area contributed by atoms with Gasteiger partial charge < -0.3 is 15.4 Å². The molecule has 0 aromatic heterocycles. The summed E-state index contributed by atoms with van der Waals surface area (Å²) in [5.74, 6) is -0.0716. The summed E-state index contributed by atoms with van der Waals surface area (Å²) < 4.78 is 4.60. The second-order valence-electron chi connectivity index (χ2n) is 10.5. The van der Waals surface area contributed by atoms with Gasteiger partial charge in [-0.15, -0.1) is 0 Å². The van der Waals surface area contributed by atoms with Gasteiger partial charge in [-0.25, -0.2) is 4.79 Å². The first-order valence-corrected chi connectivity index (χ1v) is 14.6. The Hall–Kier alpha value is -3.84. The number of hydrogen-bond acceptors (Lipinski definition) is 4. The van der Waals surface area contributed by atoms with Crippen molar-refractivity contribution in [2.75, 3.05) is 18.6 Å². The van der Waals surface area contributed by atoms with Crippen molar-refractivity contribution in [3.63, 3.8) is 0 Å². The zero-order valence-electron chi connectivity index (χ0n) is 23.7. The fourth-order valence-corrected chi connectivity index (χ4v) is 5.29. The van der Waals surface area contributed by atoms with Gasteiger partial charge in [0, 0.05) is 22.8 Å². The van der Waals surface area contributed by atoms with Gasteiger partial charge in [-0.05, 0) is 78.8 Å². The molecule has 1 atom stereocenters. The number of amides is 3. The van der Waals surface area contributed by atoms with Crippen molar-refractivity contribution < 1.29 is 19.1 Å². The van der Waals surface area contributed by atoms with Crippen molar-refractivity contribution in [2.45, 2.75) is 64.0 Å². The number of ether oxygens (including phenoxy) is 1. The van der Waals surface area contributed by atoms with Gasteiger partial charge in [-0.2, -0.15) is 0 Å². The Morgan fingerprint density at radius 1 is 0.927 bits per heavy atom. The Morgan fingerprint density at radius 2 is 1.59 bits per heavy atom. The van der Waals surface area contributed by atoms with Gasteiger partial charge >= 0.3 is 12.0 Å². The third kappa shape index (κ3) is 8.57. The van der Waals surface area contributed by atoms with E-state index in [1.54, 1.807) is 17.0 Å². The zero-order chi connectivity index (χ0) is 29.2. The summed E-state index contributed by atoms with van der Waals surface area (Å²) in [4.78, 5) is 39.1. The minimum Gasteiger partial charge on any atom is -0.469 e. The summed E-state index contributed by atoms with van der Waals surface area (Å²) in [6, 6.07) is 22.5. The number of benzene rings is 3. The fourth-order valence-electron chi connectivity index (χ4n) is 5.17. The number of rotatable bonds is 10. The number of urea groups is 1. The molecular formula is C33H38ClN3O4. The Kier molecular flexibility index (Phi) is 10.8. The summed E-state index contributed by atoms with van der Waals surface area (Å²) in [6.45, 7) is 2.47. The lowest BCUT2D eigenvalue weighted by Crippen LogP contribution is -2.40. The molecule has 0 aliphatic heterocycles. The SMILES string of the molecule is COC(=O)CCNC(=O)c1ccc(CN(C(=O)NC(C)c2ccc(Cl)cc2)c2ccc(C3CCCCC3)cc2)cc1. The predicted octanol–water partition coefficient (Wildman–Crippen LogP) is 7.16. The number of anilines is 1. The largest absolute Gasteiger partial charge is 0.469 e. The van der Waals surface area contributed by atoms with Gasteiger partial charge in [0.2, 0.25) is 0 Å². The first-order valence-electron chi connectivity index (χ1n) is 14.2. The van der Waals surface area contributed by atoms with Gasteiger partial charge in [-0.1, -0.05) is 67.3 Å². The molecule has 41 heavy (non-hydrogen) atoms. The lowest BCUT2D eigenvalue weighted by Gasteiger charge is -2.27. The van der Waals surface area contributed by atoms with E-state index in [2.05, 4.69) is 27.5 Å². The average molecular weight is 576 g/mol. The highest BCUT2D eigenvalue weighted by molar-refractivity contribution is 6.30. The van der Waals surface area contributed by atoms with E-state index in [0.29, 0.717) is 23.0 Å². The number of nitrogens with zero attached hydrogens (tertiary/aromatic N) is 1. The number of esters is 1. The molecule has 7 nitrogen and oxygen atoms in total. The van der Waals surface area contributed by atoms with Gasteiger partial charge in [0.1, 0.15) is 0 Å². The van der Waals surface area contributed by atoms with Gasteiger partial charge in [-0.3, -0.25) is 14.5 Å². The normalized spacial score (nSPS) is 14.1. The molecule has 0 spiro atoms. The third-order valence-electron chi connectivity index (χ3n) is 7.64. The van der Waals surface area contributed by atoms with E-state index in [-0.39, 0.29) is 36.9 Å². The second-order valence-corrected chi connectivity index (χ2v) is 11.0. The highest BCUT2D eigenvalue weighted by Crippen LogP contribution is 2.33. The minimum absolute atomic E-state index is 0.109. The van der Waals surface area contributed by atoms with Crippen LogP contribution in [0.25, 0.3) is 0 Å². The summed E-state index contributed by atoms with van der Waals surface area (Å²) in [6.07, 6.45) is 6.38. The van der Waals surface area contributed by atoms with Crippen LogP contribution in [-0.2, 0) is 16.1 Å². The number of halogens is 1. The second kappa shape index (κ2) is 14.7. The molecule has 3 aromatic rings. The first-order chi connectivity index (χ1) is 19.8. The molecule has 4 rings (SSSR count). The van der Waals surface area contributed by atoms with E-state index in [4.69, 9.17) is 11.6 Å². The monoisotopic (exact) mass is 575 g/mol. The van der Waals surface area contributed by atoms with E-state index in [1.807, 2.05) is 55.5 Å². The van der Waals surface area contributed by atoms with Gasteiger partial charge in [0.15, 0.2) is 0 Å². The lowest BCUT2D eigenvalue weighted by molar-refractivity contribution is -0.140. The van der Waals surface area contributed by atoms with E-state index in [9.17, 15) is 14.4 Å². The topological polar surface area (TPSA) is 87.7 Å². The summed E-state index contributed by atoms with van der Waals surface area (Å²) in [5.41, 5.74) is 4.43. The maximum absolute atomic E-state index is 13.6. The van der Waals surface area contributed by atoms with E-state index in [0.717, 1.165) is 16.8 Å². The zero-order valence-corrected chi connectivity index (χ0v) is 24.5. The van der Waals surface area contributed by atoms with E-state index >= 15 is 0 Å². The molecule has 216 valence electrons. The lowest BCUT2D eigenvalue weighted by atomic mass is 9.84. The Balaban J connectivity index is 1.49. The summed E-state index contributed by atoms with van der Waals surface area (Å²) in [7, 11) is 1.32. The Bertz CT molecular complexity index is 1300. The maximum atomic E-state index is 13.6. The van der Waals surface area contributed by atoms with Crippen molar-refractivity contribution in [3.05, 3.63) is 100 Å². The molecule has 1 unspecified atom stereocenters. The average Bonchev–Trinajstić information content (AvgIpc) is 3.00. The number of nitrogens with one attached hydrogen (secondary N) is 2. The maximum Gasteiger partial charge on any atom is 0.322 e. The van der Waals surface area contributed by atoms with Crippen molar-refractivity contribution in [1.29, 1.82) is 0 Å². The predicted molar refractivity (Wildman–Crippen MR) is 162 cm³/mol. The molecule has 1 aliphatic carbocycles. The molecule has 3 aromatic carbocycles. The van der Waals surface area contributed by atoms with Crippen LogP contribution < -0.4 is 15.5 Å². The summed E-state index contributed by atoms with van der Waals surface area (Å²) >= 11 is 6.05. The quantitative estimate of drug-likeness (QED) is 0.251.